The molecule has 1 heterocycles. The van der Waals surface area contributed by atoms with E-state index >= 15 is 0 Å². The second-order valence-corrected chi connectivity index (χ2v) is 5.20. The molecule has 0 unspecified atom stereocenters. The number of nitrogens with zero attached hydrogens (tertiary/aromatic N) is 3. The lowest BCUT2D eigenvalue weighted by molar-refractivity contribution is 0.414. The van der Waals surface area contributed by atoms with Crippen molar-refractivity contribution in [2.45, 2.75) is 6.54 Å². The molecule has 0 fully saturated rings. The Hall–Kier alpha value is -2.34. The lowest BCUT2D eigenvalue weighted by atomic mass is 10.2. The van der Waals surface area contributed by atoms with E-state index in [0.717, 1.165) is 24.7 Å². The van der Waals surface area contributed by atoms with Gasteiger partial charge in [0, 0.05) is 25.8 Å². The molecule has 118 valence electrons. The molecule has 0 amide bonds. The molecule has 1 aromatic heterocycles. The number of aromatic nitrogens is 2. The van der Waals surface area contributed by atoms with Gasteiger partial charge in [0.2, 0.25) is 5.95 Å². The van der Waals surface area contributed by atoms with Crippen molar-refractivity contribution in [1.82, 2.24) is 14.9 Å². The van der Waals surface area contributed by atoms with E-state index in [1.54, 1.807) is 13.3 Å². The Labute approximate surface area is 131 Å². The van der Waals surface area contributed by atoms with Gasteiger partial charge in [-0.1, -0.05) is 12.1 Å². The molecule has 0 spiro atoms. The van der Waals surface area contributed by atoms with Crippen molar-refractivity contribution in [3.8, 4) is 5.75 Å². The molecule has 2 rings (SSSR count). The maximum Gasteiger partial charge on any atom is 0.224 e. The van der Waals surface area contributed by atoms with Crippen molar-refractivity contribution in [3.63, 3.8) is 0 Å². The number of likely N-dealkylation sites (N-methyl/N-ethyl adjacent to an activating group) is 1. The quantitative estimate of drug-likeness (QED) is 0.778. The maximum absolute atomic E-state index is 5.15. The molecule has 0 bridgehead atoms. The summed E-state index contributed by atoms with van der Waals surface area (Å²) in [6.45, 7) is 2.46. The van der Waals surface area contributed by atoms with Crippen molar-refractivity contribution >= 4 is 11.8 Å². The molecule has 0 aliphatic carbocycles. The van der Waals surface area contributed by atoms with Gasteiger partial charge >= 0.3 is 0 Å². The van der Waals surface area contributed by atoms with Crippen LogP contribution < -0.4 is 15.4 Å². The minimum Gasteiger partial charge on any atom is -0.497 e. The molecule has 0 radical (unpaired) electrons. The fourth-order valence-corrected chi connectivity index (χ4v) is 1.87. The van der Waals surface area contributed by atoms with E-state index in [1.807, 2.05) is 44.4 Å². The van der Waals surface area contributed by atoms with Crippen LogP contribution in [0.4, 0.5) is 11.8 Å². The van der Waals surface area contributed by atoms with Crippen LogP contribution in [-0.2, 0) is 6.54 Å². The molecule has 0 saturated carbocycles. The van der Waals surface area contributed by atoms with E-state index in [2.05, 4.69) is 25.5 Å². The van der Waals surface area contributed by atoms with Gasteiger partial charge < -0.3 is 20.3 Å². The number of rotatable bonds is 8. The average Bonchev–Trinajstić information content (AvgIpc) is 2.53. The number of anilines is 2. The topological polar surface area (TPSA) is 62.3 Å². The Balaban J connectivity index is 1.86. The monoisotopic (exact) mass is 301 g/mol. The van der Waals surface area contributed by atoms with Gasteiger partial charge in [0.15, 0.2) is 0 Å². The predicted octanol–water partition coefficient (Wildman–Crippen LogP) is 2.07. The first-order chi connectivity index (χ1) is 10.7. The highest BCUT2D eigenvalue weighted by atomic mass is 16.5. The molecule has 6 nitrogen and oxygen atoms in total. The standard InChI is InChI=1S/C16H23N5O/c1-21(2)11-10-18-16-17-9-8-15(20-16)19-12-13-4-6-14(22-3)7-5-13/h4-9H,10-12H2,1-3H3,(H2,17,18,19,20). The normalized spacial score (nSPS) is 10.5. The Kier molecular flexibility index (Phi) is 5.97. The van der Waals surface area contributed by atoms with E-state index in [0.29, 0.717) is 12.5 Å². The van der Waals surface area contributed by atoms with Crippen LogP contribution in [0.3, 0.4) is 0 Å². The van der Waals surface area contributed by atoms with E-state index in [-0.39, 0.29) is 0 Å². The van der Waals surface area contributed by atoms with Crippen molar-refractivity contribution in [3.05, 3.63) is 42.1 Å². The number of hydrogen-bond acceptors (Lipinski definition) is 6. The van der Waals surface area contributed by atoms with Crippen molar-refractivity contribution in [1.29, 1.82) is 0 Å². The summed E-state index contributed by atoms with van der Waals surface area (Å²) in [5.74, 6) is 2.30. The molecule has 22 heavy (non-hydrogen) atoms. The van der Waals surface area contributed by atoms with Crippen LogP contribution in [0, 0.1) is 0 Å². The van der Waals surface area contributed by atoms with Crippen LogP contribution in [0.15, 0.2) is 36.5 Å². The van der Waals surface area contributed by atoms with Crippen molar-refractivity contribution in [2.24, 2.45) is 0 Å². The molecule has 2 aromatic rings. The Morgan fingerprint density at radius 2 is 1.86 bits per heavy atom. The van der Waals surface area contributed by atoms with Crippen molar-refractivity contribution < 1.29 is 4.74 Å². The Bertz CT molecular complexity index is 571. The van der Waals surface area contributed by atoms with Gasteiger partial charge in [-0.15, -0.1) is 0 Å². The van der Waals surface area contributed by atoms with Gasteiger partial charge in [-0.25, -0.2) is 4.98 Å². The smallest absolute Gasteiger partial charge is 0.224 e. The minimum atomic E-state index is 0.640. The van der Waals surface area contributed by atoms with Gasteiger partial charge in [-0.3, -0.25) is 0 Å². The zero-order valence-corrected chi connectivity index (χ0v) is 13.3. The van der Waals surface area contributed by atoms with E-state index in [4.69, 9.17) is 4.74 Å². The van der Waals surface area contributed by atoms with E-state index in [1.165, 1.54) is 5.56 Å². The third kappa shape index (κ3) is 5.21. The van der Waals surface area contributed by atoms with Gasteiger partial charge in [-0.2, -0.15) is 4.98 Å². The molecular formula is C16H23N5O. The summed E-state index contributed by atoms with van der Waals surface area (Å²) < 4.78 is 5.15. The summed E-state index contributed by atoms with van der Waals surface area (Å²) in [4.78, 5) is 10.8. The molecule has 0 aliphatic rings. The first-order valence-electron chi connectivity index (χ1n) is 7.26. The number of hydrogen-bond donors (Lipinski definition) is 2. The van der Waals surface area contributed by atoms with E-state index < -0.39 is 0 Å². The average molecular weight is 301 g/mol. The fraction of sp³-hybridized carbons (Fsp3) is 0.375. The van der Waals surface area contributed by atoms with Crippen LogP contribution in [0.5, 0.6) is 5.75 Å². The minimum absolute atomic E-state index is 0.640. The van der Waals surface area contributed by atoms with Crippen molar-refractivity contribution in [2.75, 3.05) is 44.9 Å². The van der Waals surface area contributed by atoms with Crippen LogP contribution in [-0.4, -0.2) is 49.2 Å². The Morgan fingerprint density at radius 3 is 2.55 bits per heavy atom. The second-order valence-electron chi connectivity index (χ2n) is 5.20. The second kappa shape index (κ2) is 8.19. The summed E-state index contributed by atoms with van der Waals surface area (Å²) in [6, 6.07) is 9.82. The maximum atomic E-state index is 5.15. The first kappa shape index (κ1) is 16.0. The lowest BCUT2D eigenvalue weighted by Crippen LogP contribution is -2.21. The molecule has 6 heteroatoms. The first-order valence-corrected chi connectivity index (χ1v) is 7.26. The van der Waals surface area contributed by atoms with Gasteiger partial charge in [-0.05, 0) is 37.9 Å². The van der Waals surface area contributed by atoms with Gasteiger partial charge in [0.25, 0.3) is 0 Å². The SMILES string of the molecule is COc1ccc(CNc2ccnc(NCCN(C)C)n2)cc1. The summed E-state index contributed by atoms with van der Waals surface area (Å²) >= 11 is 0. The number of methoxy groups -OCH3 is 1. The van der Waals surface area contributed by atoms with Crippen LogP contribution in [0.25, 0.3) is 0 Å². The summed E-state index contributed by atoms with van der Waals surface area (Å²) in [7, 11) is 5.74. The molecule has 1 aromatic carbocycles. The highest BCUT2D eigenvalue weighted by Gasteiger charge is 2.00. The van der Waals surface area contributed by atoms with Gasteiger partial charge in [0.1, 0.15) is 11.6 Å². The van der Waals surface area contributed by atoms with E-state index in [9.17, 15) is 0 Å². The fourth-order valence-electron chi connectivity index (χ4n) is 1.87. The highest BCUT2D eigenvalue weighted by Crippen LogP contribution is 2.13. The molecular weight excluding hydrogens is 278 g/mol. The predicted molar refractivity (Wildman–Crippen MR) is 89.4 cm³/mol. The zero-order chi connectivity index (χ0) is 15.8. The molecule has 2 N–H and O–H groups in total. The summed E-state index contributed by atoms with van der Waals surface area (Å²) in [6.07, 6.45) is 1.75. The van der Waals surface area contributed by atoms with Crippen LogP contribution >= 0.6 is 0 Å². The largest absolute Gasteiger partial charge is 0.497 e. The van der Waals surface area contributed by atoms with Crippen LogP contribution in [0.2, 0.25) is 0 Å². The third-order valence-electron chi connectivity index (χ3n) is 3.13. The van der Waals surface area contributed by atoms with Crippen LogP contribution in [0.1, 0.15) is 5.56 Å². The molecule has 0 atom stereocenters. The highest BCUT2D eigenvalue weighted by molar-refractivity contribution is 5.40. The number of ether oxygens (including phenoxy) is 1. The zero-order valence-electron chi connectivity index (χ0n) is 13.3. The number of benzene rings is 1. The van der Waals surface area contributed by atoms with Gasteiger partial charge in [0.05, 0.1) is 7.11 Å². The lowest BCUT2D eigenvalue weighted by Gasteiger charge is -2.11. The molecule has 0 aliphatic heterocycles. The summed E-state index contributed by atoms with van der Waals surface area (Å²) in [5, 5.41) is 6.50. The summed E-state index contributed by atoms with van der Waals surface area (Å²) in [5.41, 5.74) is 1.17. The number of nitrogens with one attached hydrogen (secondary N) is 2. The molecule has 0 saturated heterocycles. The third-order valence-corrected chi connectivity index (χ3v) is 3.13. The Morgan fingerprint density at radius 1 is 1.09 bits per heavy atom.